The van der Waals surface area contributed by atoms with Gasteiger partial charge in [0.1, 0.15) is 18.0 Å². The molecule has 0 saturated heterocycles. The van der Waals surface area contributed by atoms with Crippen molar-refractivity contribution in [3.8, 4) is 11.5 Å². The van der Waals surface area contributed by atoms with Crippen molar-refractivity contribution in [3.63, 3.8) is 0 Å². The lowest BCUT2D eigenvalue weighted by atomic mass is 10.1. The molecule has 1 heterocycles. The van der Waals surface area contributed by atoms with E-state index in [2.05, 4.69) is 15.3 Å². The Hall–Kier alpha value is -2.93. The van der Waals surface area contributed by atoms with E-state index in [-0.39, 0.29) is 5.02 Å². The summed E-state index contributed by atoms with van der Waals surface area (Å²) in [5, 5.41) is 3.82. The number of ether oxygens (including phenoxy) is 2. The number of halogens is 2. The number of nitrogens with zero attached hydrogens (tertiary/aromatic N) is 2. The molecule has 4 rings (SSSR count). The van der Waals surface area contributed by atoms with Gasteiger partial charge in [0.05, 0.1) is 17.1 Å². The van der Waals surface area contributed by atoms with Gasteiger partial charge in [0.15, 0.2) is 11.5 Å². The first-order valence-electron chi connectivity index (χ1n) is 9.81. The molecule has 1 fully saturated rings. The fraction of sp³-hybridized carbons (Fsp3) is 0.318. The number of aromatic nitrogens is 2. The van der Waals surface area contributed by atoms with Gasteiger partial charge in [-0.15, -0.1) is 0 Å². The van der Waals surface area contributed by atoms with Crippen molar-refractivity contribution in [2.75, 3.05) is 11.9 Å². The van der Waals surface area contributed by atoms with Crippen molar-refractivity contribution in [2.45, 2.75) is 32.6 Å². The number of carbonyl (C=O) groups is 1. The second-order valence-electron chi connectivity index (χ2n) is 7.35. The second kappa shape index (κ2) is 8.83. The first-order chi connectivity index (χ1) is 14.5. The SMILES string of the molecule is CC(=O)Oc1cc2ncnc(Nc3ccc(F)c(Cl)c3)c2cc1OCC1CCCC1. The third-order valence-electron chi connectivity index (χ3n) is 5.09. The van der Waals surface area contributed by atoms with Crippen molar-refractivity contribution < 1.29 is 18.7 Å². The van der Waals surface area contributed by atoms with Gasteiger partial charge >= 0.3 is 5.97 Å². The highest BCUT2D eigenvalue weighted by Gasteiger charge is 2.19. The van der Waals surface area contributed by atoms with Crippen LogP contribution in [0.15, 0.2) is 36.7 Å². The Morgan fingerprint density at radius 2 is 2.00 bits per heavy atom. The molecule has 2 aromatic carbocycles. The molecule has 0 amide bonds. The zero-order chi connectivity index (χ0) is 21.1. The van der Waals surface area contributed by atoms with E-state index in [0.29, 0.717) is 46.4 Å². The highest BCUT2D eigenvalue weighted by Crippen LogP contribution is 2.36. The Balaban J connectivity index is 1.69. The van der Waals surface area contributed by atoms with E-state index in [1.54, 1.807) is 18.2 Å². The Morgan fingerprint density at radius 1 is 1.20 bits per heavy atom. The number of anilines is 2. The summed E-state index contributed by atoms with van der Waals surface area (Å²) in [6.07, 6.45) is 6.09. The maximum atomic E-state index is 13.5. The van der Waals surface area contributed by atoms with Gasteiger partial charge in [-0.05, 0) is 43.0 Å². The molecule has 0 atom stereocenters. The second-order valence-corrected chi connectivity index (χ2v) is 7.75. The monoisotopic (exact) mass is 429 g/mol. The maximum absolute atomic E-state index is 13.5. The van der Waals surface area contributed by atoms with E-state index in [1.165, 1.54) is 38.2 Å². The minimum Gasteiger partial charge on any atom is -0.489 e. The smallest absolute Gasteiger partial charge is 0.308 e. The van der Waals surface area contributed by atoms with Crippen LogP contribution in [0.5, 0.6) is 11.5 Å². The largest absolute Gasteiger partial charge is 0.489 e. The fourth-order valence-corrected chi connectivity index (χ4v) is 3.79. The minimum absolute atomic E-state index is 0.0103. The summed E-state index contributed by atoms with van der Waals surface area (Å²) in [6.45, 7) is 1.90. The van der Waals surface area contributed by atoms with E-state index < -0.39 is 11.8 Å². The highest BCUT2D eigenvalue weighted by molar-refractivity contribution is 6.31. The van der Waals surface area contributed by atoms with Gasteiger partial charge in [-0.3, -0.25) is 4.79 Å². The molecule has 6 nitrogen and oxygen atoms in total. The lowest BCUT2D eigenvalue weighted by Crippen LogP contribution is -2.10. The number of hydrogen-bond acceptors (Lipinski definition) is 6. The Morgan fingerprint density at radius 3 is 2.73 bits per heavy atom. The minimum atomic E-state index is -0.497. The normalized spacial score (nSPS) is 14.1. The Kier molecular flexibility index (Phi) is 5.99. The molecule has 30 heavy (non-hydrogen) atoms. The van der Waals surface area contributed by atoms with Gasteiger partial charge in [-0.25, -0.2) is 14.4 Å². The summed E-state index contributed by atoms with van der Waals surface area (Å²) in [6, 6.07) is 7.75. The van der Waals surface area contributed by atoms with Crippen LogP contribution in [-0.4, -0.2) is 22.5 Å². The summed E-state index contributed by atoms with van der Waals surface area (Å²) in [5.74, 6) is 0.846. The van der Waals surface area contributed by atoms with E-state index in [9.17, 15) is 9.18 Å². The van der Waals surface area contributed by atoms with Crippen molar-refractivity contribution in [3.05, 3.63) is 47.5 Å². The molecule has 0 radical (unpaired) electrons. The number of fused-ring (bicyclic) bond motifs is 1. The molecule has 1 N–H and O–H groups in total. The predicted octanol–water partition coefficient (Wildman–Crippen LogP) is 5.66. The standard InChI is InChI=1S/C22H21ClFN3O3/c1-13(28)30-21-10-19-16(9-20(21)29-11-14-4-2-3-5-14)22(26-12-25-19)27-15-6-7-18(24)17(23)8-15/h6-10,12,14H,2-5,11H2,1H3,(H,25,26,27). The van der Waals surface area contributed by atoms with Gasteiger partial charge in [0.2, 0.25) is 0 Å². The molecular weight excluding hydrogens is 409 g/mol. The number of rotatable bonds is 6. The van der Waals surface area contributed by atoms with Gasteiger partial charge in [0, 0.05) is 24.1 Å². The number of nitrogens with one attached hydrogen (secondary N) is 1. The molecule has 3 aromatic rings. The average Bonchev–Trinajstić information content (AvgIpc) is 3.23. The van der Waals surface area contributed by atoms with E-state index in [0.717, 1.165) is 12.8 Å². The molecule has 8 heteroatoms. The third kappa shape index (κ3) is 4.62. The van der Waals surface area contributed by atoms with Crippen LogP contribution in [0.1, 0.15) is 32.6 Å². The molecule has 0 aliphatic heterocycles. The summed E-state index contributed by atoms with van der Waals surface area (Å²) in [5.41, 5.74) is 1.16. The van der Waals surface area contributed by atoms with Gasteiger partial charge in [-0.2, -0.15) is 0 Å². The number of esters is 1. The molecule has 1 aliphatic carbocycles. The summed E-state index contributed by atoms with van der Waals surface area (Å²) >= 11 is 5.88. The Bertz CT molecular complexity index is 1090. The van der Waals surface area contributed by atoms with E-state index in [1.807, 2.05) is 0 Å². The van der Waals surface area contributed by atoms with Gasteiger partial charge in [-0.1, -0.05) is 24.4 Å². The first kappa shape index (κ1) is 20.3. The summed E-state index contributed by atoms with van der Waals surface area (Å²) < 4.78 is 24.9. The average molecular weight is 430 g/mol. The fourth-order valence-electron chi connectivity index (χ4n) is 3.61. The molecule has 1 saturated carbocycles. The molecule has 1 aliphatic rings. The molecule has 0 unspecified atom stereocenters. The van der Waals surface area contributed by atoms with Gasteiger partial charge in [0.25, 0.3) is 0 Å². The van der Waals surface area contributed by atoms with Crippen LogP contribution in [0.4, 0.5) is 15.9 Å². The Labute approximate surface area is 178 Å². The molecule has 0 bridgehead atoms. The van der Waals surface area contributed by atoms with Gasteiger partial charge < -0.3 is 14.8 Å². The van der Waals surface area contributed by atoms with Crippen molar-refractivity contribution >= 4 is 40.0 Å². The van der Waals surface area contributed by atoms with Crippen LogP contribution >= 0.6 is 11.6 Å². The quantitative estimate of drug-likeness (QED) is 0.402. The first-order valence-corrected chi connectivity index (χ1v) is 10.2. The molecule has 0 spiro atoms. The number of hydrogen-bond donors (Lipinski definition) is 1. The zero-order valence-corrected chi connectivity index (χ0v) is 17.2. The summed E-state index contributed by atoms with van der Waals surface area (Å²) in [7, 11) is 0. The van der Waals surface area contributed by atoms with Crippen LogP contribution in [-0.2, 0) is 4.79 Å². The summed E-state index contributed by atoms with van der Waals surface area (Å²) in [4.78, 5) is 20.1. The van der Waals surface area contributed by atoms with Crippen LogP contribution in [0.3, 0.4) is 0 Å². The predicted molar refractivity (Wildman–Crippen MR) is 113 cm³/mol. The van der Waals surface area contributed by atoms with Crippen LogP contribution in [0.2, 0.25) is 5.02 Å². The van der Waals surface area contributed by atoms with E-state index >= 15 is 0 Å². The lowest BCUT2D eigenvalue weighted by molar-refractivity contribution is -0.132. The van der Waals surface area contributed by atoms with Crippen LogP contribution < -0.4 is 14.8 Å². The van der Waals surface area contributed by atoms with Crippen LogP contribution in [0.25, 0.3) is 10.9 Å². The van der Waals surface area contributed by atoms with Crippen LogP contribution in [0, 0.1) is 11.7 Å². The highest BCUT2D eigenvalue weighted by atomic mass is 35.5. The lowest BCUT2D eigenvalue weighted by Gasteiger charge is -2.16. The maximum Gasteiger partial charge on any atom is 0.308 e. The number of benzene rings is 2. The molecular formula is C22H21ClFN3O3. The number of carbonyl (C=O) groups excluding carboxylic acids is 1. The molecule has 1 aromatic heterocycles. The van der Waals surface area contributed by atoms with Crippen molar-refractivity contribution in [2.24, 2.45) is 5.92 Å². The zero-order valence-electron chi connectivity index (χ0n) is 16.5. The van der Waals surface area contributed by atoms with E-state index in [4.69, 9.17) is 21.1 Å². The third-order valence-corrected chi connectivity index (χ3v) is 5.38. The topological polar surface area (TPSA) is 73.3 Å². The van der Waals surface area contributed by atoms with Crippen molar-refractivity contribution in [1.82, 2.24) is 9.97 Å². The van der Waals surface area contributed by atoms with Crippen molar-refractivity contribution in [1.29, 1.82) is 0 Å². The molecule has 156 valence electrons.